The van der Waals surface area contributed by atoms with E-state index in [1.54, 1.807) is 23.5 Å². The second-order valence-electron chi connectivity index (χ2n) is 7.14. The maximum absolute atomic E-state index is 12.7. The number of benzene rings is 1. The Kier molecular flexibility index (Phi) is 6.62. The molecule has 2 aromatic rings. The summed E-state index contributed by atoms with van der Waals surface area (Å²) in [5, 5.41) is 4.95. The minimum atomic E-state index is -3.70. The van der Waals surface area contributed by atoms with Crippen LogP contribution in [0.25, 0.3) is 0 Å². The molecule has 1 N–H and O–H groups in total. The number of fused-ring (bicyclic) bond motifs is 1. The number of rotatable bonds is 7. The number of sulfonamides is 1. The van der Waals surface area contributed by atoms with Gasteiger partial charge in [-0.1, -0.05) is 6.92 Å². The third kappa shape index (κ3) is 4.48. The van der Waals surface area contributed by atoms with Crippen molar-refractivity contribution in [3.05, 3.63) is 40.1 Å². The number of thiophene rings is 1. The van der Waals surface area contributed by atoms with Crippen LogP contribution in [0, 0.1) is 0 Å². The number of nitrogens with one attached hydrogen (secondary N) is 1. The van der Waals surface area contributed by atoms with Crippen molar-refractivity contribution in [3.8, 4) is 5.75 Å². The molecule has 0 aliphatic carbocycles. The molecule has 0 fully saturated rings. The summed E-state index contributed by atoms with van der Waals surface area (Å²) in [4.78, 5) is 16.3. The van der Waals surface area contributed by atoms with Crippen molar-refractivity contribution in [1.82, 2.24) is 9.21 Å². The summed E-state index contributed by atoms with van der Waals surface area (Å²) >= 11 is 1.78. The summed E-state index contributed by atoms with van der Waals surface area (Å²) in [6.45, 7) is 3.22. The van der Waals surface area contributed by atoms with E-state index in [1.165, 1.54) is 37.7 Å². The summed E-state index contributed by atoms with van der Waals surface area (Å²) < 4.78 is 31.4. The van der Waals surface area contributed by atoms with Crippen LogP contribution in [0.4, 0.5) is 5.69 Å². The van der Waals surface area contributed by atoms with Gasteiger partial charge < -0.3 is 10.1 Å². The second-order valence-corrected chi connectivity index (χ2v) is 10.3. The smallest absolute Gasteiger partial charge is 0.246 e. The van der Waals surface area contributed by atoms with Crippen molar-refractivity contribution in [2.75, 3.05) is 39.6 Å². The fourth-order valence-electron chi connectivity index (χ4n) is 3.65. The first-order chi connectivity index (χ1) is 13.8. The first-order valence-corrected chi connectivity index (χ1v) is 11.8. The highest BCUT2D eigenvalue weighted by Crippen LogP contribution is 2.35. The minimum absolute atomic E-state index is 0.0233. The molecule has 1 unspecified atom stereocenters. The van der Waals surface area contributed by atoms with Crippen LogP contribution in [0.15, 0.2) is 34.5 Å². The third-order valence-electron chi connectivity index (χ3n) is 5.15. The molecule has 0 spiro atoms. The molecule has 0 bridgehead atoms. The predicted molar refractivity (Wildman–Crippen MR) is 115 cm³/mol. The lowest BCUT2D eigenvalue weighted by atomic mass is 9.98. The van der Waals surface area contributed by atoms with Crippen LogP contribution >= 0.6 is 11.3 Å². The van der Waals surface area contributed by atoms with Crippen molar-refractivity contribution in [1.29, 1.82) is 0 Å². The topological polar surface area (TPSA) is 79.0 Å². The average molecular weight is 438 g/mol. The maximum atomic E-state index is 12.7. The maximum Gasteiger partial charge on any atom is 0.246 e. The number of anilines is 1. The molecular weight excluding hydrogens is 410 g/mol. The van der Waals surface area contributed by atoms with Gasteiger partial charge in [0.1, 0.15) is 10.6 Å². The normalized spacial score (nSPS) is 17.2. The zero-order valence-electron chi connectivity index (χ0n) is 17.1. The second kappa shape index (κ2) is 8.83. The van der Waals surface area contributed by atoms with Crippen LogP contribution < -0.4 is 10.1 Å². The molecule has 0 radical (unpaired) electrons. The van der Waals surface area contributed by atoms with E-state index in [4.69, 9.17) is 4.74 Å². The van der Waals surface area contributed by atoms with Crippen LogP contribution in [0.3, 0.4) is 0 Å². The zero-order chi connectivity index (χ0) is 21.2. The molecule has 7 nitrogen and oxygen atoms in total. The van der Waals surface area contributed by atoms with Gasteiger partial charge in [-0.3, -0.25) is 9.69 Å². The summed E-state index contributed by atoms with van der Waals surface area (Å²) in [5.74, 6) is 0.0734. The highest BCUT2D eigenvalue weighted by molar-refractivity contribution is 7.89. The van der Waals surface area contributed by atoms with Gasteiger partial charge in [0.15, 0.2) is 0 Å². The molecule has 1 aromatic heterocycles. The van der Waals surface area contributed by atoms with Crippen LogP contribution in [0.1, 0.15) is 29.8 Å². The van der Waals surface area contributed by atoms with E-state index in [2.05, 4.69) is 28.6 Å². The molecule has 9 heteroatoms. The number of ether oxygens (including phenoxy) is 1. The number of amides is 1. The van der Waals surface area contributed by atoms with Gasteiger partial charge in [-0.2, -0.15) is 0 Å². The van der Waals surface area contributed by atoms with E-state index >= 15 is 0 Å². The van der Waals surface area contributed by atoms with Gasteiger partial charge in [0.25, 0.3) is 0 Å². The highest BCUT2D eigenvalue weighted by atomic mass is 32.2. The highest BCUT2D eigenvalue weighted by Gasteiger charge is 2.28. The fraction of sp³-hybridized carbons (Fsp3) is 0.450. The number of carbonyl (C=O) groups is 1. The number of hydrogen-bond donors (Lipinski definition) is 1. The average Bonchev–Trinajstić information content (AvgIpc) is 3.16. The van der Waals surface area contributed by atoms with E-state index in [1.807, 2.05) is 0 Å². The molecule has 1 aliphatic heterocycles. The molecule has 1 aromatic carbocycles. The largest absolute Gasteiger partial charge is 0.495 e. The molecule has 3 rings (SSSR count). The Labute approximate surface area is 176 Å². The van der Waals surface area contributed by atoms with Crippen molar-refractivity contribution in [2.45, 2.75) is 30.7 Å². The van der Waals surface area contributed by atoms with Gasteiger partial charge in [-0.25, -0.2) is 12.7 Å². The molecule has 29 heavy (non-hydrogen) atoms. The molecule has 1 aliphatic rings. The number of hydrogen-bond acceptors (Lipinski definition) is 6. The standard InChI is InChI=1S/C20H27N3O4S2/c1-5-16-15-9-11-28-18(15)8-10-23(16)13-20(24)21-14-6-7-17(27-4)19(12-14)29(25,26)22(2)3/h6-7,9,11-12,16H,5,8,10,13H2,1-4H3,(H,21,24). The Morgan fingerprint density at radius 2 is 2.10 bits per heavy atom. The lowest BCUT2D eigenvalue weighted by Gasteiger charge is -2.34. The van der Waals surface area contributed by atoms with E-state index in [-0.39, 0.29) is 29.1 Å². The van der Waals surface area contributed by atoms with Crippen LogP contribution in [0.5, 0.6) is 5.75 Å². The predicted octanol–water partition coefficient (Wildman–Crippen LogP) is 2.95. The minimum Gasteiger partial charge on any atom is -0.495 e. The molecule has 1 atom stereocenters. The van der Waals surface area contributed by atoms with Gasteiger partial charge in [0, 0.05) is 37.2 Å². The van der Waals surface area contributed by atoms with Gasteiger partial charge in [0.2, 0.25) is 15.9 Å². The Morgan fingerprint density at radius 1 is 1.34 bits per heavy atom. The lowest BCUT2D eigenvalue weighted by Crippen LogP contribution is -2.40. The first-order valence-electron chi connectivity index (χ1n) is 9.48. The fourth-order valence-corrected chi connectivity index (χ4v) is 5.66. The van der Waals surface area contributed by atoms with Crippen molar-refractivity contribution in [3.63, 3.8) is 0 Å². The molecule has 158 valence electrons. The van der Waals surface area contributed by atoms with Gasteiger partial charge in [-0.05, 0) is 48.1 Å². The zero-order valence-corrected chi connectivity index (χ0v) is 18.8. The summed E-state index contributed by atoms with van der Waals surface area (Å²) in [6.07, 6.45) is 1.88. The molecule has 2 heterocycles. The Morgan fingerprint density at radius 3 is 2.76 bits per heavy atom. The molecular formula is C20H27N3O4S2. The van der Waals surface area contributed by atoms with Gasteiger partial charge >= 0.3 is 0 Å². The summed E-state index contributed by atoms with van der Waals surface area (Å²) in [6, 6.07) is 7.03. The van der Waals surface area contributed by atoms with Gasteiger partial charge in [-0.15, -0.1) is 11.3 Å². The van der Waals surface area contributed by atoms with Gasteiger partial charge in [0.05, 0.1) is 13.7 Å². The van der Waals surface area contributed by atoms with Crippen molar-refractivity contribution < 1.29 is 17.9 Å². The van der Waals surface area contributed by atoms with E-state index in [0.717, 1.165) is 23.7 Å². The molecule has 0 saturated heterocycles. The number of carbonyl (C=O) groups excluding carboxylic acids is 1. The third-order valence-corrected chi connectivity index (χ3v) is 7.98. The first kappa shape index (κ1) is 21.8. The van der Waals surface area contributed by atoms with Crippen LogP contribution in [0.2, 0.25) is 0 Å². The quantitative estimate of drug-likeness (QED) is 0.721. The van der Waals surface area contributed by atoms with E-state index in [9.17, 15) is 13.2 Å². The Hall–Kier alpha value is -1.94. The van der Waals surface area contributed by atoms with Crippen LogP contribution in [-0.2, 0) is 21.2 Å². The van der Waals surface area contributed by atoms with Crippen molar-refractivity contribution >= 4 is 33.0 Å². The monoisotopic (exact) mass is 437 g/mol. The SMILES string of the molecule is CCC1c2ccsc2CCN1CC(=O)Nc1ccc(OC)c(S(=O)(=O)N(C)C)c1. The van der Waals surface area contributed by atoms with Crippen molar-refractivity contribution in [2.24, 2.45) is 0 Å². The van der Waals surface area contributed by atoms with Crippen LogP contribution in [-0.4, -0.2) is 57.8 Å². The molecule has 1 amide bonds. The molecule has 0 saturated carbocycles. The van der Waals surface area contributed by atoms with E-state index in [0.29, 0.717) is 5.69 Å². The lowest BCUT2D eigenvalue weighted by molar-refractivity contribution is -0.118. The summed E-state index contributed by atoms with van der Waals surface area (Å²) in [7, 11) is 0.638. The summed E-state index contributed by atoms with van der Waals surface area (Å²) in [5.41, 5.74) is 1.75. The number of methoxy groups -OCH3 is 1. The Balaban J connectivity index is 1.76. The van der Waals surface area contributed by atoms with E-state index < -0.39 is 10.0 Å². The Bertz CT molecular complexity index is 985. The number of nitrogens with zero attached hydrogens (tertiary/aromatic N) is 2.